The Kier molecular flexibility index (Phi) is 4.60. The number of carbonyl (C=O) groups is 1. The molecule has 1 aromatic heterocycles. The zero-order chi connectivity index (χ0) is 15.5. The highest BCUT2D eigenvalue weighted by Gasteiger charge is 2.25. The van der Waals surface area contributed by atoms with E-state index in [9.17, 15) is 4.79 Å². The number of amides is 1. The average molecular weight is 314 g/mol. The topological polar surface area (TPSA) is 32.3 Å². The van der Waals surface area contributed by atoms with Crippen LogP contribution in [0.4, 0.5) is 5.69 Å². The zero-order valence-electron chi connectivity index (χ0n) is 13.1. The van der Waals surface area contributed by atoms with Gasteiger partial charge in [-0.1, -0.05) is 19.1 Å². The van der Waals surface area contributed by atoms with Crippen molar-refractivity contribution in [2.24, 2.45) is 0 Å². The SMILES string of the molecule is CCc1ccc(NC(=O)C(C)N2CCc3sccc3C2)cc1. The number of hydrogen-bond donors (Lipinski definition) is 1. The highest BCUT2D eigenvalue weighted by atomic mass is 32.1. The molecule has 0 fully saturated rings. The minimum atomic E-state index is -0.112. The lowest BCUT2D eigenvalue weighted by atomic mass is 10.1. The third kappa shape index (κ3) is 3.23. The number of hydrogen-bond acceptors (Lipinski definition) is 3. The molecule has 0 bridgehead atoms. The average Bonchev–Trinajstić information content (AvgIpc) is 3.02. The smallest absolute Gasteiger partial charge is 0.241 e. The number of thiophene rings is 1. The number of fused-ring (bicyclic) bond motifs is 1. The second kappa shape index (κ2) is 6.63. The molecule has 0 saturated carbocycles. The molecule has 3 nitrogen and oxygen atoms in total. The number of benzene rings is 1. The molecule has 1 N–H and O–H groups in total. The molecule has 116 valence electrons. The van der Waals surface area contributed by atoms with Gasteiger partial charge in [0.25, 0.3) is 0 Å². The molecule has 1 aromatic carbocycles. The first kappa shape index (κ1) is 15.3. The lowest BCUT2D eigenvalue weighted by Crippen LogP contribution is -2.44. The van der Waals surface area contributed by atoms with Crippen molar-refractivity contribution in [2.75, 3.05) is 11.9 Å². The second-order valence-electron chi connectivity index (χ2n) is 5.81. The number of nitrogens with zero attached hydrogens (tertiary/aromatic N) is 1. The normalized spacial score (nSPS) is 16.1. The highest BCUT2D eigenvalue weighted by Crippen LogP contribution is 2.25. The van der Waals surface area contributed by atoms with Crippen LogP contribution in [0.3, 0.4) is 0 Å². The predicted octanol–water partition coefficient (Wildman–Crippen LogP) is 3.70. The molecular formula is C18H22N2OS. The molecule has 2 heterocycles. The second-order valence-corrected chi connectivity index (χ2v) is 6.81. The third-order valence-electron chi connectivity index (χ3n) is 4.39. The molecule has 0 aliphatic carbocycles. The van der Waals surface area contributed by atoms with Crippen LogP contribution in [-0.2, 0) is 24.2 Å². The van der Waals surface area contributed by atoms with Crippen LogP contribution in [0.5, 0.6) is 0 Å². The summed E-state index contributed by atoms with van der Waals surface area (Å²) in [6, 6.07) is 10.2. The van der Waals surface area contributed by atoms with Gasteiger partial charge in [-0.05, 0) is 54.5 Å². The Morgan fingerprint density at radius 1 is 1.32 bits per heavy atom. The molecule has 1 aliphatic heterocycles. The minimum absolute atomic E-state index is 0.0722. The fourth-order valence-corrected chi connectivity index (χ4v) is 3.73. The van der Waals surface area contributed by atoms with Crippen LogP contribution in [0, 0.1) is 0 Å². The van der Waals surface area contributed by atoms with Crippen LogP contribution in [0.2, 0.25) is 0 Å². The van der Waals surface area contributed by atoms with Gasteiger partial charge in [0.2, 0.25) is 5.91 Å². The number of rotatable bonds is 4. The summed E-state index contributed by atoms with van der Waals surface area (Å²) in [6.45, 7) is 5.96. The fourth-order valence-electron chi connectivity index (χ4n) is 2.84. The van der Waals surface area contributed by atoms with Gasteiger partial charge in [-0.3, -0.25) is 9.69 Å². The first-order valence-electron chi connectivity index (χ1n) is 7.86. The summed E-state index contributed by atoms with van der Waals surface area (Å²) in [7, 11) is 0. The van der Waals surface area contributed by atoms with Crippen molar-refractivity contribution < 1.29 is 4.79 Å². The fraction of sp³-hybridized carbons (Fsp3) is 0.389. The van der Waals surface area contributed by atoms with E-state index in [1.165, 1.54) is 16.0 Å². The molecule has 1 aliphatic rings. The van der Waals surface area contributed by atoms with Crippen LogP contribution in [-0.4, -0.2) is 23.4 Å². The maximum Gasteiger partial charge on any atom is 0.241 e. The van der Waals surface area contributed by atoms with Crippen LogP contribution >= 0.6 is 11.3 Å². The molecule has 2 aromatic rings. The third-order valence-corrected chi connectivity index (χ3v) is 5.42. The minimum Gasteiger partial charge on any atom is -0.325 e. The summed E-state index contributed by atoms with van der Waals surface area (Å²) >= 11 is 1.83. The molecule has 3 rings (SSSR count). The summed E-state index contributed by atoms with van der Waals surface area (Å²) < 4.78 is 0. The molecule has 4 heteroatoms. The van der Waals surface area contributed by atoms with E-state index in [-0.39, 0.29) is 11.9 Å². The lowest BCUT2D eigenvalue weighted by Gasteiger charge is -2.31. The van der Waals surface area contributed by atoms with Crippen molar-refractivity contribution in [1.29, 1.82) is 0 Å². The van der Waals surface area contributed by atoms with Crippen molar-refractivity contribution in [3.63, 3.8) is 0 Å². The van der Waals surface area contributed by atoms with Crippen molar-refractivity contribution >= 4 is 22.9 Å². The number of nitrogens with one attached hydrogen (secondary N) is 1. The summed E-state index contributed by atoms with van der Waals surface area (Å²) in [6.07, 6.45) is 2.07. The first-order valence-corrected chi connectivity index (χ1v) is 8.74. The van der Waals surface area contributed by atoms with E-state index in [2.05, 4.69) is 40.7 Å². The molecule has 0 radical (unpaired) electrons. The van der Waals surface area contributed by atoms with Crippen molar-refractivity contribution in [2.45, 2.75) is 39.3 Å². The summed E-state index contributed by atoms with van der Waals surface area (Å²) in [4.78, 5) is 16.2. The molecular weight excluding hydrogens is 292 g/mol. The number of aryl methyl sites for hydroxylation is 1. The highest BCUT2D eigenvalue weighted by molar-refractivity contribution is 7.10. The maximum absolute atomic E-state index is 12.5. The molecule has 1 atom stereocenters. The predicted molar refractivity (Wildman–Crippen MR) is 92.3 cm³/mol. The zero-order valence-corrected chi connectivity index (χ0v) is 14.0. The standard InChI is InChI=1S/C18H22N2OS/c1-3-14-4-6-16(7-5-14)19-18(21)13(2)20-10-8-17-15(12-20)9-11-22-17/h4-7,9,11,13H,3,8,10,12H2,1-2H3,(H,19,21). The quantitative estimate of drug-likeness (QED) is 0.933. The van der Waals surface area contributed by atoms with Crippen LogP contribution in [0.25, 0.3) is 0 Å². The van der Waals surface area contributed by atoms with Gasteiger partial charge in [-0.2, -0.15) is 0 Å². The Bertz CT molecular complexity index is 647. The van der Waals surface area contributed by atoms with E-state index in [0.717, 1.165) is 31.6 Å². The van der Waals surface area contributed by atoms with Crippen molar-refractivity contribution in [3.05, 3.63) is 51.7 Å². The van der Waals surface area contributed by atoms with Gasteiger partial charge < -0.3 is 5.32 Å². The molecule has 1 amide bonds. The van der Waals surface area contributed by atoms with Gasteiger partial charge in [0.15, 0.2) is 0 Å². The Labute approximate surface area is 136 Å². The maximum atomic E-state index is 12.5. The van der Waals surface area contributed by atoms with E-state index in [0.29, 0.717) is 0 Å². The molecule has 0 spiro atoms. The van der Waals surface area contributed by atoms with Gasteiger partial charge in [0.05, 0.1) is 6.04 Å². The Morgan fingerprint density at radius 2 is 2.09 bits per heavy atom. The van der Waals surface area contributed by atoms with E-state index in [1.54, 1.807) is 0 Å². The van der Waals surface area contributed by atoms with Gasteiger partial charge in [-0.25, -0.2) is 0 Å². The van der Waals surface area contributed by atoms with Gasteiger partial charge in [0, 0.05) is 23.7 Å². The van der Waals surface area contributed by atoms with Gasteiger partial charge in [-0.15, -0.1) is 11.3 Å². The van der Waals surface area contributed by atoms with Crippen LogP contribution < -0.4 is 5.32 Å². The Balaban J connectivity index is 1.62. The summed E-state index contributed by atoms with van der Waals surface area (Å²) in [5.41, 5.74) is 3.54. The van der Waals surface area contributed by atoms with Crippen LogP contribution in [0.15, 0.2) is 35.7 Å². The van der Waals surface area contributed by atoms with Crippen LogP contribution in [0.1, 0.15) is 29.9 Å². The monoisotopic (exact) mass is 314 g/mol. The van der Waals surface area contributed by atoms with Gasteiger partial charge in [0.1, 0.15) is 0 Å². The molecule has 22 heavy (non-hydrogen) atoms. The Morgan fingerprint density at radius 3 is 2.82 bits per heavy atom. The summed E-state index contributed by atoms with van der Waals surface area (Å²) in [5.74, 6) is 0.0722. The number of carbonyl (C=O) groups excluding carboxylic acids is 1. The van der Waals surface area contributed by atoms with Crippen molar-refractivity contribution in [1.82, 2.24) is 4.90 Å². The molecule has 0 saturated heterocycles. The van der Waals surface area contributed by atoms with Gasteiger partial charge >= 0.3 is 0 Å². The van der Waals surface area contributed by atoms with E-state index >= 15 is 0 Å². The van der Waals surface area contributed by atoms with E-state index in [4.69, 9.17) is 0 Å². The van der Waals surface area contributed by atoms with Crippen molar-refractivity contribution in [3.8, 4) is 0 Å². The first-order chi connectivity index (χ1) is 10.7. The number of anilines is 1. The molecule has 1 unspecified atom stereocenters. The summed E-state index contributed by atoms with van der Waals surface area (Å²) in [5, 5.41) is 5.18. The largest absolute Gasteiger partial charge is 0.325 e. The lowest BCUT2D eigenvalue weighted by molar-refractivity contribution is -0.121. The van der Waals surface area contributed by atoms with E-state index in [1.807, 2.05) is 30.4 Å². The Hall–Kier alpha value is -1.65. The van der Waals surface area contributed by atoms with E-state index < -0.39 is 0 Å².